The van der Waals surface area contributed by atoms with Crippen molar-refractivity contribution in [1.29, 1.82) is 0 Å². The van der Waals surface area contributed by atoms with Crippen LogP contribution in [-0.4, -0.2) is 33.0 Å². The number of nitrogens with one attached hydrogen (secondary N) is 2. The van der Waals surface area contributed by atoms with Crippen molar-refractivity contribution in [3.63, 3.8) is 0 Å². The van der Waals surface area contributed by atoms with Crippen molar-refractivity contribution in [3.05, 3.63) is 46.4 Å². The fourth-order valence-corrected chi connectivity index (χ4v) is 6.00. The Morgan fingerprint density at radius 2 is 2.00 bits per heavy atom. The third kappa shape index (κ3) is 3.13. The Hall–Kier alpha value is -2.65. The van der Waals surface area contributed by atoms with Gasteiger partial charge in [0.15, 0.2) is 5.82 Å². The van der Waals surface area contributed by atoms with E-state index < -0.39 is 15.6 Å². The van der Waals surface area contributed by atoms with Gasteiger partial charge in [-0.3, -0.25) is 9.48 Å². The summed E-state index contributed by atoms with van der Waals surface area (Å²) in [6.45, 7) is 6.79. The van der Waals surface area contributed by atoms with Crippen LogP contribution in [0.5, 0.6) is 0 Å². The van der Waals surface area contributed by atoms with Gasteiger partial charge in [0.2, 0.25) is 10.0 Å². The van der Waals surface area contributed by atoms with E-state index >= 15 is 0 Å². The first kappa shape index (κ1) is 19.3. The molecule has 0 spiro atoms. The Morgan fingerprint density at radius 1 is 1.23 bits per heavy atom. The van der Waals surface area contributed by atoms with Crippen molar-refractivity contribution < 1.29 is 8.42 Å². The van der Waals surface area contributed by atoms with Crippen molar-refractivity contribution in [3.8, 4) is 0 Å². The molecular formula is C21H25N5O3S. The minimum Gasteiger partial charge on any atom is -0.338 e. The van der Waals surface area contributed by atoms with Crippen molar-refractivity contribution in [2.75, 3.05) is 5.32 Å². The van der Waals surface area contributed by atoms with Crippen LogP contribution in [0.2, 0.25) is 0 Å². The number of benzene rings is 1. The molecule has 1 aliphatic heterocycles. The zero-order valence-corrected chi connectivity index (χ0v) is 18.1. The summed E-state index contributed by atoms with van der Waals surface area (Å²) in [4.78, 5) is 15.6. The van der Waals surface area contributed by atoms with Crippen LogP contribution in [0.4, 0.5) is 11.5 Å². The molecule has 1 aromatic carbocycles. The lowest BCUT2D eigenvalue weighted by molar-refractivity contribution is 0.252. The summed E-state index contributed by atoms with van der Waals surface area (Å²) in [6.07, 6.45) is 4.02. The van der Waals surface area contributed by atoms with E-state index in [9.17, 15) is 13.2 Å². The van der Waals surface area contributed by atoms with Crippen LogP contribution < -0.4 is 10.9 Å². The Labute approximate surface area is 175 Å². The number of aromatic nitrogens is 3. The molecule has 2 aromatic heterocycles. The summed E-state index contributed by atoms with van der Waals surface area (Å²) in [5, 5.41) is 8.42. The average Bonchev–Trinajstić information content (AvgIpc) is 3.34. The van der Waals surface area contributed by atoms with Gasteiger partial charge in [-0.15, -0.1) is 0 Å². The summed E-state index contributed by atoms with van der Waals surface area (Å²) >= 11 is 0. The number of hydrogen-bond acceptors (Lipinski definition) is 5. The molecule has 1 fully saturated rings. The molecule has 0 unspecified atom stereocenters. The Balaban J connectivity index is 1.53. The predicted molar refractivity (Wildman–Crippen MR) is 115 cm³/mol. The molecule has 0 amide bonds. The molecule has 0 bridgehead atoms. The molecule has 0 atom stereocenters. The van der Waals surface area contributed by atoms with Crippen molar-refractivity contribution in [1.82, 2.24) is 19.1 Å². The number of rotatable bonds is 4. The molecule has 9 heteroatoms. The van der Waals surface area contributed by atoms with E-state index in [1.54, 1.807) is 18.3 Å². The van der Waals surface area contributed by atoms with E-state index in [2.05, 4.69) is 15.4 Å². The van der Waals surface area contributed by atoms with Crippen molar-refractivity contribution in [2.24, 2.45) is 5.92 Å². The number of fused-ring (bicyclic) bond motifs is 2. The quantitative estimate of drug-likeness (QED) is 0.666. The summed E-state index contributed by atoms with van der Waals surface area (Å²) in [6, 6.07) is 7.06. The number of nitrogens with zero attached hydrogens (tertiary/aromatic N) is 3. The molecule has 0 radical (unpaired) electrons. The molecule has 3 aromatic rings. The molecule has 0 saturated heterocycles. The van der Waals surface area contributed by atoms with Crippen LogP contribution in [0.15, 0.2) is 40.2 Å². The first-order chi connectivity index (χ1) is 14.1. The third-order valence-electron chi connectivity index (χ3n) is 5.76. The maximum Gasteiger partial charge on any atom is 0.261 e. The largest absolute Gasteiger partial charge is 0.338 e. The lowest BCUT2D eigenvalue weighted by Crippen LogP contribution is -2.41. The molecule has 8 nitrogen and oxygen atoms in total. The van der Waals surface area contributed by atoms with Crippen LogP contribution >= 0.6 is 0 Å². The fraction of sp³-hybridized carbons (Fsp3) is 0.429. The van der Waals surface area contributed by atoms with Crippen LogP contribution in [0.25, 0.3) is 10.9 Å². The summed E-state index contributed by atoms with van der Waals surface area (Å²) in [5.41, 5.74) is 1.55. The van der Waals surface area contributed by atoms with Crippen LogP contribution in [-0.2, 0) is 23.1 Å². The number of anilines is 2. The number of aromatic amines is 1. The molecule has 1 aliphatic carbocycles. The van der Waals surface area contributed by atoms with E-state index in [4.69, 9.17) is 0 Å². The topological polar surface area (TPSA) is 100 Å². The SMILES string of the molecule is CC(C)(C)N1Cc2cc(Nc3nn(CC4CC4)c4cc[nH]c(=O)c34)ccc2S1(=O)=O. The molecule has 5 rings (SSSR count). The minimum absolute atomic E-state index is 0.195. The van der Waals surface area contributed by atoms with E-state index in [1.165, 1.54) is 17.1 Å². The van der Waals surface area contributed by atoms with Crippen molar-refractivity contribution >= 4 is 32.4 Å². The standard InChI is InChI=1S/C21H25N5O3S/c1-21(2,3)26-12-14-10-15(6-7-17(14)30(26,28)29)23-19-18-16(8-9-22-20(18)27)25(24-19)11-13-4-5-13/h6-10,13H,4-5,11-12H2,1-3H3,(H,22,27)(H,23,24). The number of hydrogen-bond donors (Lipinski definition) is 2. The zero-order valence-electron chi connectivity index (χ0n) is 17.3. The molecule has 1 saturated carbocycles. The molecule has 2 N–H and O–H groups in total. The van der Waals surface area contributed by atoms with Crippen LogP contribution in [0.3, 0.4) is 0 Å². The number of pyridine rings is 1. The molecule has 3 heterocycles. The van der Waals surface area contributed by atoms with Gasteiger partial charge < -0.3 is 10.3 Å². The van der Waals surface area contributed by atoms with E-state index in [-0.39, 0.29) is 5.56 Å². The fourth-order valence-electron chi connectivity index (χ4n) is 4.03. The highest BCUT2D eigenvalue weighted by molar-refractivity contribution is 7.89. The summed E-state index contributed by atoms with van der Waals surface area (Å²) in [5.74, 6) is 1.11. The van der Waals surface area contributed by atoms with E-state index in [0.29, 0.717) is 34.2 Å². The van der Waals surface area contributed by atoms with Crippen LogP contribution in [0, 0.1) is 5.92 Å². The van der Waals surface area contributed by atoms with Gasteiger partial charge in [0, 0.05) is 30.5 Å². The van der Waals surface area contributed by atoms with Gasteiger partial charge in [0.1, 0.15) is 5.39 Å². The molecule has 2 aliphatic rings. The minimum atomic E-state index is -3.51. The highest BCUT2D eigenvalue weighted by Gasteiger charge is 2.41. The first-order valence-corrected chi connectivity index (χ1v) is 11.6. The number of sulfonamides is 1. The smallest absolute Gasteiger partial charge is 0.261 e. The second-order valence-electron chi connectivity index (χ2n) is 9.17. The lowest BCUT2D eigenvalue weighted by atomic mass is 10.1. The maximum atomic E-state index is 12.9. The Bertz CT molecular complexity index is 1310. The van der Waals surface area contributed by atoms with Crippen molar-refractivity contribution in [2.45, 2.75) is 57.1 Å². The highest BCUT2D eigenvalue weighted by Crippen LogP contribution is 2.38. The van der Waals surface area contributed by atoms with Gasteiger partial charge in [0.25, 0.3) is 5.56 Å². The Kier molecular flexibility index (Phi) is 4.14. The van der Waals surface area contributed by atoms with Crippen LogP contribution in [0.1, 0.15) is 39.2 Å². The Morgan fingerprint density at radius 3 is 2.70 bits per heavy atom. The lowest BCUT2D eigenvalue weighted by Gasteiger charge is -2.29. The first-order valence-electron chi connectivity index (χ1n) is 10.2. The molecule has 158 valence electrons. The monoisotopic (exact) mass is 427 g/mol. The van der Waals surface area contributed by atoms with Gasteiger partial charge in [-0.05, 0) is 69.4 Å². The van der Waals surface area contributed by atoms with Gasteiger partial charge in [-0.2, -0.15) is 9.40 Å². The molecule has 30 heavy (non-hydrogen) atoms. The second-order valence-corrected chi connectivity index (χ2v) is 11.0. The second kappa shape index (κ2) is 6.42. The summed E-state index contributed by atoms with van der Waals surface area (Å²) in [7, 11) is -3.51. The van der Waals surface area contributed by atoms with Gasteiger partial charge >= 0.3 is 0 Å². The third-order valence-corrected chi connectivity index (χ3v) is 7.97. The number of H-pyrrole nitrogens is 1. The van der Waals surface area contributed by atoms with Gasteiger partial charge in [0.05, 0.1) is 10.4 Å². The average molecular weight is 428 g/mol. The van der Waals surface area contributed by atoms with E-state index in [0.717, 1.165) is 17.6 Å². The maximum absolute atomic E-state index is 12.9. The van der Waals surface area contributed by atoms with E-state index in [1.807, 2.05) is 37.6 Å². The van der Waals surface area contributed by atoms with Gasteiger partial charge in [-0.1, -0.05) is 0 Å². The predicted octanol–water partition coefficient (Wildman–Crippen LogP) is 3.18. The zero-order chi connectivity index (χ0) is 21.3. The molecular weight excluding hydrogens is 402 g/mol. The summed E-state index contributed by atoms with van der Waals surface area (Å²) < 4.78 is 29.2. The van der Waals surface area contributed by atoms with Gasteiger partial charge in [-0.25, -0.2) is 8.42 Å². The highest BCUT2D eigenvalue weighted by atomic mass is 32.2. The normalized spacial score (nSPS) is 18.6.